The van der Waals surface area contributed by atoms with Gasteiger partial charge >= 0.3 is 0 Å². The molecule has 1 saturated heterocycles. The van der Waals surface area contributed by atoms with E-state index in [1.165, 1.54) is 38.2 Å². The monoisotopic (exact) mass is 275 g/mol. The van der Waals surface area contributed by atoms with Gasteiger partial charge in [0.15, 0.2) is 0 Å². The number of anilines is 1. The van der Waals surface area contributed by atoms with E-state index in [1.54, 1.807) is 0 Å². The molecule has 1 aliphatic rings. The predicted molar refractivity (Wildman–Crippen MR) is 87.5 cm³/mol. The first kappa shape index (κ1) is 15.3. The summed E-state index contributed by atoms with van der Waals surface area (Å²) >= 11 is 0. The van der Waals surface area contributed by atoms with Crippen molar-refractivity contribution in [2.75, 3.05) is 44.2 Å². The fourth-order valence-electron chi connectivity index (χ4n) is 2.72. The molecule has 1 N–H and O–H groups in total. The van der Waals surface area contributed by atoms with Gasteiger partial charge in [-0.05, 0) is 38.1 Å². The summed E-state index contributed by atoms with van der Waals surface area (Å²) in [7, 11) is 0. The van der Waals surface area contributed by atoms with Crippen molar-refractivity contribution in [3.05, 3.63) is 30.3 Å². The Kier molecular flexibility index (Phi) is 6.34. The Labute approximate surface area is 124 Å². The van der Waals surface area contributed by atoms with Gasteiger partial charge in [0.2, 0.25) is 0 Å². The molecule has 0 spiro atoms. The molecule has 1 fully saturated rings. The van der Waals surface area contributed by atoms with Crippen LogP contribution in [0.4, 0.5) is 5.69 Å². The van der Waals surface area contributed by atoms with E-state index in [0.717, 1.165) is 19.6 Å². The van der Waals surface area contributed by atoms with E-state index >= 15 is 0 Å². The van der Waals surface area contributed by atoms with Crippen LogP contribution in [-0.4, -0.2) is 50.2 Å². The molecule has 0 amide bonds. The average Bonchev–Trinajstić information content (AvgIpc) is 2.48. The third-order valence-corrected chi connectivity index (χ3v) is 3.95. The molecule has 112 valence electrons. The molecule has 0 aromatic heterocycles. The van der Waals surface area contributed by atoms with Crippen molar-refractivity contribution >= 4 is 5.69 Å². The van der Waals surface area contributed by atoms with Gasteiger partial charge in [0.1, 0.15) is 0 Å². The normalized spacial score (nSPS) is 16.9. The van der Waals surface area contributed by atoms with Crippen molar-refractivity contribution in [2.24, 2.45) is 0 Å². The van der Waals surface area contributed by atoms with Gasteiger partial charge in [-0.3, -0.25) is 4.90 Å². The van der Waals surface area contributed by atoms with Crippen LogP contribution in [0.25, 0.3) is 0 Å². The molecule has 2 rings (SSSR count). The first-order chi connectivity index (χ1) is 9.75. The molecule has 3 heteroatoms. The third kappa shape index (κ3) is 5.14. The fourth-order valence-corrected chi connectivity index (χ4v) is 2.72. The van der Waals surface area contributed by atoms with Crippen molar-refractivity contribution in [3.8, 4) is 0 Å². The highest BCUT2D eigenvalue weighted by Crippen LogP contribution is 2.15. The predicted octanol–water partition coefficient (Wildman–Crippen LogP) is 2.59. The van der Waals surface area contributed by atoms with Crippen molar-refractivity contribution in [2.45, 2.75) is 32.7 Å². The van der Waals surface area contributed by atoms with Gasteiger partial charge in [-0.25, -0.2) is 0 Å². The maximum atomic E-state index is 3.49. The second kappa shape index (κ2) is 8.28. The number of benzene rings is 1. The zero-order chi connectivity index (χ0) is 14.2. The molecule has 0 aliphatic carbocycles. The number of piperazine rings is 1. The molecule has 1 aromatic carbocycles. The van der Waals surface area contributed by atoms with E-state index in [-0.39, 0.29) is 0 Å². The van der Waals surface area contributed by atoms with Crippen LogP contribution in [0, 0.1) is 0 Å². The smallest absolute Gasteiger partial charge is 0.0367 e. The molecule has 0 atom stereocenters. The SMILES string of the molecule is CC(C)NCCCCN1CCN(c2ccccc2)CC1. The van der Waals surface area contributed by atoms with Crippen LogP contribution in [0.2, 0.25) is 0 Å². The molecule has 1 heterocycles. The molecule has 0 saturated carbocycles. The molecule has 1 aromatic rings. The summed E-state index contributed by atoms with van der Waals surface area (Å²) in [6.45, 7) is 11.6. The molecule has 1 aliphatic heterocycles. The largest absolute Gasteiger partial charge is 0.369 e. The van der Waals surface area contributed by atoms with Gasteiger partial charge in [0, 0.05) is 37.9 Å². The van der Waals surface area contributed by atoms with Gasteiger partial charge in [-0.2, -0.15) is 0 Å². The van der Waals surface area contributed by atoms with Crippen LogP contribution in [0.5, 0.6) is 0 Å². The topological polar surface area (TPSA) is 18.5 Å². The third-order valence-electron chi connectivity index (χ3n) is 3.95. The molecule has 3 nitrogen and oxygen atoms in total. The summed E-state index contributed by atoms with van der Waals surface area (Å²) in [5.74, 6) is 0. The number of nitrogens with zero attached hydrogens (tertiary/aromatic N) is 2. The zero-order valence-corrected chi connectivity index (χ0v) is 13.0. The van der Waals surface area contributed by atoms with Gasteiger partial charge in [0.05, 0.1) is 0 Å². The molecule has 20 heavy (non-hydrogen) atoms. The van der Waals surface area contributed by atoms with Crippen molar-refractivity contribution < 1.29 is 0 Å². The Morgan fingerprint density at radius 1 is 1.00 bits per heavy atom. The van der Waals surface area contributed by atoms with Crippen molar-refractivity contribution in [3.63, 3.8) is 0 Å². The number of hydrogen-bond acceptors (Lipinski definition) is 3. The van der Waals surface area contributed by atoms with Crippen LogP contribution in [-0.2, 0) is 0 Å². The first-order valence-electron chi connectivity index (χ1n) is 8.01. The van der Waals surface area contributed by atoms with Crippen LogP contribution in [0.1, 0.15) is 26.7 Å². The lowest BCUT2D eigenvalue weighted by Crippen LogP contribution is -2.46. The van der Waals surface area contributed by atoms with Crippen LogP contribution in [0.15, 0.2) is 30.3 Å². The van der Waals surface area contributed by atoms with Gasteiger partial charge in [-0.1, -0.05) is 32.0 Å². The van der Waals surface area contributed by atoms with Gasteiger partial charge in [-0.15, -0.1) is 0 Å². The van der Waals surface area contributed by atoms with E-state index in [1.807, 2.05) is 0 Å². The van der Waals surface area contributed by atoms with E-state index in [4.69, 9.17) is 0 Å². The average molecular weight is 275 g/mol. The Hall–Kier alpha value is -1.06. The van der Waals surface area contributed by atoms with Gasteiger partial charge < -0.3 is 10.2 Å². The minimum atomic E-state index is 0.615. The lowest BCUT2D eigenvalue weighted by atomic mass is 10.2. The molecule has 0 radical (unpaired) electrons. The highest BCUT2D eigenvalue weighted by molar-refractivity contribution is 5.46. The highest BCUT2D eigenvalue weighted by atomic mass is 15.3. The lowest BCUT2D eigenvalue weighted by molar-refractivity contribution is 0.252. The van der Waals surface area contributed by atoms with Crippen LogP contribution < -0.4 is 10.2 Å². The summed E-state index contributed by atoms with van der Waals surface area (Å²) in [6.07, 6.45) is 2.60. The van der Waals surface area contributed by atoms with E-state index < -0.39 is 0 Å². The van der Waals surface area contributed by atoms with E-state index in [2.05, 4.69) is 59.3 Å². The summed E-state index contributed by atoms with van der Waals surface area (Å²) in [5, 5.41) is 3.49. The molecule has 0 bridgehead atoms. The standard InChI is InChI=1S/C17H29N3/c1-16(2)18-10-6-7-11-19-12-14-20(15-13-19)17-8-4-3-5-9-17/h3-5,8-9,16,18H,6-7,10-15H2,1-2H3. The number of nitrogens with one attached hydrogen (secondary N) is 1. The highest BCUT2D eigenvalue weighted by Gasteiger charge is 2.16. The minimum Gasteiger partial charge on any atom is -0.369 e. The fraction of sp³-hybridized carbons (Fsp3) is 0.647. The molecular formula is C17H29N3. The Balaban J connectivity index is 1.60. The second-order valence-electron chi connectivity index (χ2n) is 5.98. The maximum absolute atomic E-state index is 3.49. The Bertz CT molecular complexity index is 356. The molecular weight excluding hydrogens is 246 g/mol. The maximum Gasteiger partial charge on any atom is 0.0367 e. The molecule has 0 unspecified atom stereocenters. The quantitative estimate of drug-likeness (QED) is 0.772. The number of para-hydroxylation sites is 1. The second-order valence-corrected chi connectivity index (χ2v) is 5.98. The number of rotatable bonds is 7. The number of unbranched alkanes of at least 4 members (excludes halogenated alkanes) is 1. The number of hydrogen-bond donors (Lipinski definition) is 1. The Morgan fingerprint density at radius 3 is 2.35 bits per heavy atom. The summed E-state index contributed by atoms with van der Waals surface area (Å²) < 4.78 is 0. The van der Waals surface area contributed by atoms with Crippen LogP contribution >= 0.6 is 0 Å². The van der Waals surface area contributed by atoms with E-state index in [0.29, 0.717) is 6.04 Å². The van der Waals surface area contributed by atoms with E-state index in [9.17, 15) is 0 Å². The Morgan fingerprint density at radius 2 is 1.70 bits per heavy atom. The van der Waals surface area contributed by atoms with Crippen molar-refractivity contribution in [1.82, 2.24) is 10.2 Å². The van der Waals surface area contributed by atoms with Crippen molar-refractivity contribution in [1.29, 1.82) is 0 Å². The zero-order valence-electron chi connectivity index (χ0n) is 13.0. The summed E-state index contributed by atoms with van der Waals surface area (Å²) in [4.78, 5) is 5.10. The first-order valence-corrected chi connectivity index (χ1v) is 8.01. The lowest BCUT2D eigenvalue weighted by Gasteiger charge is -2.36. The summed E-state index contributed by atoms with van der Waals surface area (Å²) in [5.41, 5.74) is 1.37. The van der Waals surface area contributed by atoms with Crippen LogP contribution in [0.3, 0.4) is 0 Å². The van der Waals surface area contributed by atoms with Gasteiger partial charge in [0.25, 0.3) is 0 Å². The minimum absolute atomic E-state index is 0.615. The summed E-state index contributed by atoms with van der Waals surface area (Å²) in [6, 6.07) is 11.4.